The highest BCUT2D eigenvalue weighted by Gasteiger charge is 2.26. The molecule has 0 fully saturated rings. The zero-order valence-corrected chi connectivity index (χ0v) is 13.2. The molecule has 0 aromatic carbocycles. The fraction of sp³-hybridized carbons (Fsp3) is 0.583. The van der Waals surface area contributed by atoms with E-state index in [1.54, 1.807) is 13.8 Å². The fourth-order valence-corrected chi connectivity index (χ4v) is 2.48. The first kappa shape index (κ1) is 16.7. The zero-order valence-electron chi connectivity index (χ0n) is 12.4. The minimum atomic E-state index is -3.63. The molecule has 7 nitrogen and oxygen atoms in total. The van der Waals surface area contributed by atoms with E-state index in [4.69, 9.17) is 10.2 Å². The number of nitrogens with two attached hydrogens (primary N) is 1. The molecule has 1 aromatic heterocycles. The number of nitrogens with zero attached hydrogens (tertiary/aromatic N) is 1. The third-order valence-electron chi connectivity index (χ3n) is 2.56. The molecule has 114 valence electrons. The van der Waals surface area contributed by atoms with E-state index in [-0.39, 0.29) is 23.0 Å². The van der Waals surface area contributed by atoms with Crippen molar-refractivity contribution in [3.63, 3.8) is 0 Å². The van der Waals surface area contributed by atoms with Crippen LogP contribution >= 0.6 is 0 Å². The molecule has 0 aliphatic carbocycles. The van der Waals surface area contributed by atoms with Gasteiger partial charge in [-0.15, -0.1) is 0 Å². The standard InChI is InChI=1S/C12H21N3O4S/c1-8-10(20(17,18)15(4)5)6-9(19-8)11(16)14-7-12(2,3)13/h6H,7,13H2,1-5H3,(H,14,16). The summed E-state index contributed by atoms with van der Waals surface area (Å²) in [5, 5.41) is 2.59. The Bertz CT molecular complexity index is 597. The van der Waals surface area contributed by atoms with E-state index < -0.39 is 21.5 Å². The van der Waals surface area contributed by atoms with Gasteiger partial charge in [-0.1, -0.05) is 0 Å². The number of aryl methyl sites for hydroxylation is 1. The molecule has 0 bridgehead atoms. The van der Waals surface area contributed by atoms with Crippen LogP contribution in [0.2, 0.25) is 0 Å². The number of hydrogen-bond donors (Lipinski definition) is 2. The number of carbonyl (C=O) groups excluding carboxylic acids is 1. The number of rotatable bonds is 5. The van der Waals surface area contributed by atoms with Crippen LogP contribution in [0.3, 0.4) is 0 Å². The molecule has 0 unspecified atom stereocenters. The SMILES string of the molecule is Cc1oc(C(=O)NCC(C)(C)N)cc1S(=O)(=O)N(C)C. The lowest BCUT2D eigenvalue weighted by molar-refractivity contribution is 0.0917. The van der Waals surface area contributed by atoms with Crippen molar-refractivity contribution in [1.82, 2.24) is 9.62 Å². The van der Waals surface area contributed by atoms with Gasteiger partial charge in [0, 0.05) is 32.2 Å². The summed E-state index contributed by atoms with van der Waals surface area (Å²) in [5.74, 6) is -0.366. The molecule has 0 saturated heterocycles. The van der Waals surface area contributed by atoms with E-state index in [2.05, 4.69) is 5.32 Å². The van der Waals surface area contributed by atoms with Crippen LogP contribution in [0.5, 0.6) is 0 Å². The third-order valence-corrected chi connectivity index (χ3v) is 4.48. The molecule has 0 spiro atoms. The minimum absolute atomic E-state index is 0.0142. The number of furan rings is 1. The summed E-state index contributed by atoms with van der Waals surface area (Å²) in [6, 6.07) is 1.23. The average Bonchev–Trinajstić information content (AvgIpc) is 2.67. The van der Waals surface area contributed by atoms with Gasteiger partial charge in [0.1, 0.15) is 10.7 Å². The number of nitrogens with one attached hydrogen (secondary N) is 1. The lowest BCUT2D eigenvalue weighted by atomic mass is 10.1. The van der Waals surface area contributed by atoms with Gasteiger partial charge < -0.3 is 15.5 Å². The van der Waals surface area contributed by atoms with Gasteiger partial charge in [0.15, 0.2) is 5.76 Å². The van der Waals surface area contributed by atoms with Crippen LogP contribution in [0.1, 0.15) is 30.2 Å². The van der Waals surface area contributed by atoms with Crippen LogP contribution in [-0.4, -0.2) is 44.8 Å². The number of amides is 1. The second kappa shape index (κ2) is 5.55. The van der Waals surface area contributed by atoms with Gasteiger partial charge in [-0.2, -0.15) is 0 Å². The monoisotopic (exact) mass is 303 g/mol. The lowest BCUT2D eigenvalue weighted by Gasteiger charge is -2.18. The van der Waals surface area contributed by atoms with Crippen LogP contribution < -0.4 is 11.1 Å². The molecule has 0 aliphatic rings. The van der Waals surface area contributed by atoms with E-state index in [0.29, 0.717) is 0 Å². The Kier molecular flexibility index (Phi) is 4.62. The van der Waals surface area contributed by atoms with Crippen molar-refractivity contribution >= 4 is 15.9 Å². The predicted molar refractivity (Wildman–Crippen MR) is 74.9 cm³/mol. The molecule has 1 rings (SSSR count). The summed E-state index contributed by atoms with van der Waals surface area (Å²) < 4.78 is 30.3. The molecule has 0 radical (unpaired) electrons. The molecule has 1 heterocycles. The third kappa shape index (κ3) is 3.81. The van der Waals surface area contributed by atoms with E-state index >= 15 is 0 Å². The van der Waals surface area contributed by atoms with Crippen molar-refractivity contribution in [2.24, 2.45) is 5.73 Å². The highest BCUT2D eigenvalue weighted by atomic mass is 32.2. The average molecular weight is 303 g/mol. The molecule has 3 N–H and O–H groups in total. The lowest BCUT2D eigenvalue weighted by Crippen LogP contribution is -2.45. The number of sulfonamides is 1. The molecular formula is C12H21N3O4S. The second-order valence-corrected chi connectivity index (χ2v) is 7.61. The molecule has 20 heavy (non-hydrogen) atoms. The second-order valence-electron chi connectivity index (χ2n) is 5.49. The van der Waals surface area contributed by atoms with Gasteiger partial charge in [-0.3, -0.25) is 4.79 Å². The van der Waals surface area contributed by atoms with Crippen LogP contribution in [0.4, 0.5) is 0 Å². The van der Waals surface area contributed by atoms with E-state index in [9.17, 15) is 13.2 Å². The molecule has 1 amide bonds. The van der Waals surface area contributed by atoms with Gasteiger partial charge in [0.2, 0.25) is 10.0 Å². The number of hydrogen-bond acceptors (Lipinski definition) is 5. The fourth-order valence-electron chi connectivity index (χ4n) is 1.43. The Labute approximate surface area is 119 Å². The van der Waals surface area contributed by atoms with Crippen LogP contribution in [0.25, 0.3) is 0 Å². The molecule has 0 aliphatic heterocycles. The van der Waals surface area contributed by atoms with Crippen LogP contribution in [-0.2, 0) is 10.0 Å². The van der Waals surface area contributed by atoms with E-state index in [1.165, 1.54) is 27.1 Å². The first-order chi connectivity index (χ1) is 8.95. The maximum absolute atomic E-state index is 12.0. The maximum Gasteiger partial charge on any atom is 0.287 e. The van der Waals surface area contributed by atoms with Gasteiger partial charge in [0.25, 0.3) is 5.91 Å². The summed E-state index contributed by atoms with van der Waals surface area (Å²) in [6.45, 7) is 5.28. The maximum atomic E-state index is 12.0. The Balaban J connectivity index is 2.99. The highest BCUT2D eigenvalue weighted by molar-refractivity contribution is 7.89. The summed E-state index contributed by atoms with van der Waals surface area (Å²) >= 11 is 0. The molecule has 0 atom stereocenters. The minimum Gasteiger partial charge on any atom is -0.455 e. The zero-order chi connectivity index (χ0) is 15.7. The van der Waals surface area contributed by atoms with Gasteiger partial charge in [-0.25, -0.2) is 12.7 Å². The smallest absolute Gasteiger partial charge is 0.287 e. The van der Waals surface area contributed by atoms with Crippen LogP contribution in [0.15, 0.2) is 15.4 Å². The van der Waals surface area contributed by atoms with Crippen molar-refractivity contribution in [1.29, 1.82) is 0 Å². The van der Waals surface area contributed by atoms with Crippen LogP contribution in [0, 0.1) is 6.92 Å². The Morgan fingerprint density at radius 1 is 1.45 bits per heavy atom. The first-order valence-electron chi connectivity index (χ1n) is 6.05. The number of carbonyl (C=O) groups is 1. The first-order valence-corrected chi connectivity index (χ1v) is 7.49. The predicted octanol–water partition coefficient (Wildman–Crippen LogP) is 0.305. The molecular weight excluding hydrogens is 282 g/mol. The topological polar surface area (TPSA) is 106 Å². The van der Waals surface area contributed by atoms with Crippen molar-refractivity contribution in [2.45, 2.75) is 31.2 Å². The van der Waals surface area contributed by atoms with Crippen molar-refractivity contribution < 1.29 is 17.6 Å². The highest BCUT2D eigenvalue weighted by Crippen LogP contribution is 2.22. The largest absolute Gasteiger partial charge is 0.455 e. The van der Waals surface area contributed by atoms with Crippen molar-refractivity contribution in [3.8, 4) is 0 Å². The van der Waals surface area contributed by atoms with E-state index in [0.717, 1.165) is 4.31 Å². The normalized spacial score (nSPS) is 12.8. The Morgan fingerprint density at radius 2 is 2.00 bits per heavy atom. The Hall–Kier alpha value is -1.38. The van der Waals surface area contributed by atoms with Gasteiger partial charge >= 0.3 is 0 Å². The summed E-state index contributed by atoms with van der Waals surface area (Å²) in [4.78, 5) is 11.9. The van der Waals surface area contributed by atoms with Gasteiger partial charge in [-0.05, 0) is 20.8 Å². The quantitative estimate of drug-likeness (QED) is 0.814. The molecule has 1 aromatic rings. The van der Waals surface area contributed by atoms with Gasteiger partial charge in [0.05, 0.1) is 0 Å². The Morgan fingerprint density at radius 3 is 2.45 bits per heavy atom. The summed E-state index contributed by atoms with van der Waals surface area (Å²) in [6.07, 6.45) is 0. The molecule has 8 heteroatoms. The summed E-state index contributed by atoms with van der Waals surface area (Å²) in [7, 11) is -0.798. The summed E-state index contributed by atoms with van der Waals surface area (Å²) in [5.41, 5.74) is 5.20. The van der Waals surface area contributed by atoms with E-state index in [1.807, 2.05) is 0 Å². The van der Waals surface area contributed by atoms with Crippen molar-refractivity contribution in [2.75, 3.05) is 20.6 Å². The molecule has 0 saturated carbocycles. The van der Waals surface area contributed by atoms with Crippen molar-refractivity contribution in [3.05, 3.63) is 17.6 Å².